The molecule has 0 aromatic carbocycles. The van der Waals surface area contributed by atoms with E-state index in [1.54, 1.807) is 29.6 Å². The molecule has 1 aliphatic heterocycles. The van der Waals surface area contributed by atoms with E-state index in [1.807, 2.05) is 32.9 Å². The van der Waals surface area contributed by atoms with Gasteiger partial charge in [0.15, 0.2) is 5.82 Å². The van der Waals surface area contributed by atoms with Crippen LogP contribution in [0.15, 0.2) is 36.8 Å². The summed E-state index contributed by atoms with van der Waals surface area (Å²) in [5.41, 5.74) is 0.977. The molecule has 0 saturated carbocycles. The van der Waals surface area contributed by atoms with Crippen LogP contribution >= 0.6 is 11.6 Å². The summed E-state index contributed by atoms with van der Waals surface area (Å²) in [5, 5.41) is 4.72. The van der Waals surface area contributed by atoms with Crippen LogP contribution in [0.2, 0.25) is 5.15 Å². The molecule has 0 spiro atoms. The van der Waals surface area contributed by atoms with Crippen molar-refractivity contribution in [2.24, 2.45) is 0 Å². The number of anilines is 1. The molecule has 1 fully saturated rings. The second kappa shape index (κ2) is 8.02. The van der Waals surface area contributed by atoms with Gasteiger partial charge < -0.3 is 15.0 Å². The van der Waals surface area contributed by atoms with Crippen LogP contribution < -0.4 is 5.32 Å². The first-order valence-electron chi connectivity index (χ1n) is 9.77. The highest BCUT2D eigenvalue weighted by molar-refractivity contribution is 6.29. The van der Waals surface area contributed by atoms with Crippen molar-refractivity contribution in [3.63, 3.8) is 0 Å². The number of amides is 1. The molecule has 4 heterocycles. The number of carbonyl (C=O) groups is 1. The highest BCUT2D eigenvalue weighted by Gasteiger charge is 2.30. The van der Waals surface area contributed by atoms with Crippen molar-refractivity contribution < 1.29 is 9.53 Å². The second-order valence-corrected chi connectivity index (χ2v) is 8.60. The summed E-state index contributed by atoms with van der Waals surface area (Å²) in [4.78, 5) is 31.6. The first-order chi connectivity index (χ1) is 14.3. The minimum Gasteiger partial charge on any atom is -0.444 e. The van der Waals surface area contributed by atoms with E-state index < -0.39 is 5.60 Å². The number of hydrogen-bond acceptors (Lipinski definition) is 7. The number of fused-ring (bicyclic) bond motifs is 1. The van der Waals surface area contributed by atoms with E-state index in [4.69, 9.17) is 21.3 Å². The molecule has 3 aromatic rings. The molecule has 1 aliphatic rings. The highest BCUT2D eigenvalue weighted by Crippen LogP contribution is 2.27. The lowest BCUT2D eigenvalue weighted by Gasteiger charge is -2.24. The lowest BCUT2D eigenvalue weighted by atomic mass is 10.2. The Morgan fingerprint density at radius 2 is 2.10 bits per heavy atom. The van der Waals surface area contributed by atoms with E-state index in [2.05, 4.69) is 20.3 Å². The predicted molar refractivity (Wildman–Crippen MR) is 115 cm³/mol. The van der Waals surface area contributed by atoms with Crippen molar-refractivity contribution in [2.75, 3.05) is 18.4 Å². The third-order valence-electron chi connectivity index (χ3n) is 4.66. The fourth-order valence-corrected chi connectivity index (χ4v) is 3.50. The van der Waals surface area contributed by atoms with Gasteiger partial charge in [-0.1, -0.05) is 11.6 Å². The van der Waals surface area contributed by atoms with Crippen LogP contribution in [0.3, 0.4) is 0 Å². The molecule has 1 unspecified atom stereocenters. The molecule has 8 nitrogen and oxygen atoms in total. The van der Waals surface area contributed by atoms with E-state index in [-0.39, 0.29) is 12.1 Å². The summed E-state index contributed by atoms with van der Waals surface area (Å²) < 4.78 is 5.49. The summed E-state index contributed by atoms with van der Waals surface area (Å²) >= 11 is 6.04. The smallest absolute Gasteiger partial charge is 0.410 e. The molecule has 4 rings (SSSR count). The Hall–Kier alpha value is -3.00. The van der Waals surface area contributed by atoms with Crippen molar-refractivity contribution in [1.29, 1.82) is 0 Å². The van der Waals surface area contributed by atoms with Crippen molar-refractivity contribution in [3.05, 3.63) is 41.9 Å². The van der Waals surface area contributed by atoms with Crippen LogP contribution in [0, 0.1) is 0 Å². The Morgan fingerprint density at radius 1 is 1.27 bits per heavy atom. The topological polar surface area (TPSA) is 93.1 Å². The summed E-state index contributed by atoms with van der Waals surface area (Å²) in [6, 6.07) is 5.47. The number of carbonyl (C=O) groups excluding carboxylic acids is 1. The number of pyridine rings is 2. The Morgan fingerprint density at radius 3 is 2.87 bits per heavy atom. The lowest BCUT2D eigenvalue weighted by Crippen LogP contribution is -2.36. The maximum Gasteiger partial charge on any atom is 0.410 e. The largest absolute Gasteiger partial charge is 0.444 e. The minimum absolute atomic E-state index is 0.0534. The zero-order valence-electron chi connectivity index (χ0n) is 17.1. The molecule has 0 aliphatic carbocycles. The maximum atomic E-state index is 12.4. The van der Waals surface area contributed by atoms with Gasteiger partial charge in [-0.2, -0.15) is 0 Å². The number of ether oxygens (including phenoxy) is 1. The molecular weight excluding hydrogens is 404 g/mol. The van der Waals surface area contributed by atoms with Crippen molar-refractivity contribution >= 4 is 34.4 Å². The van der Waals surface area contributed by atoms with Crippen LogP contribution in [0.4, 0.5) is 10.6 Å². The van der Waals surface area contributed by atoms with E-state index in [9.17, 15) is 4.79 Å². The standard InChI is InChI=1S/C21H23ClN6O2/c1-21(2,3)30-20(29)28-9-6-14(12-28)25-19-15-5-7-23-11-16(15)26-18(27-19)13-4-8-24-17(22)10-13/h4-5,7-8,10-11,14H,6,9,12H2,1-3H3,(H,25,26,27). The van der Waals surface area contributed by atoms with Gasteiger partial charge in [-0.25, -0.2) is 19.7 Å². The fourth-order valence-electron chi connectivity index (χ4n) is 3.33. The van der Waals surface area contributed by atoms with Gasteiger partial charge in [-0.3, -0.25) is 4.98 Å². The van der Waals surface area contributed by atoms with Crippen LogP contribution in [-0.2, 0) is 4.74 Å². The van der Waals surface area contributed by atoms with Gasteiger partial charge in [0.2, 0.25) is 0 Å². The minimum atomic E-state index is -0.515. The van der Waals surface area contributed by atoms with Gasteiger partial charge in [0.05, 0.1) is 11.7 Å². The predicted octanol–water partition coefficient (Wildman–Crippen LogP) is 4.16. The van der Waals surface area contributed by atoms with E-state index in [0.717, 1.165) is 22.9 Å². The molecule has 30 heavy (non-hydrogen) atoms. The molecule has 3 aromatic heterocycles. The van der Waals surface area contributed by atoms with E-state index in [0.29, 0.717) is 29.9 Å². The summed E-state index contributed by atoms with van der Waals surface area (Å²) in [6.45, 7) is 6.77. The Balaban J connectivity index is 1.59. The monoisotopic (exact) mass is 426 g/mol. The molecular formula is C21H23ClN6O2. The number of aromatic nitrogens is 4. The number of likely N-dealkylation sites (tertiary alicyclic amines) is 1. The SMILES string of the molecule is CC(C)(C)OC(=O)N1CCC(Nc2nc(-c3ccnc(Cl)c3)nc3cnccc23)C1. The van der Waals surface area contributed by atoms with Crippen molar-refractivity contribution in [3.8, 4) is 11.4 Å². The third kappa shape index (κ3) is 4.59. The molecule has 1 N–H and O–H groups in total. The number of nitrogens with one attached hydrogen (secondary N) is 1. The number of nitrogens with zero attached hydrogens (tertiary/aromatic N) is 5. The zero-order chi connectivity index (χ0) is 21.3. The fraction of sp³-hybridized carbons (Fsp3) is 0.381. The Kier molecular flexibility index (Phi) is 5.42. The van der Waals surface area contributed by atoms with Gasteiger partial charge in [0, 0.05) is 42.5 Å². The molecule has 0 radical (unpaired) electrons. The van der Waals surface area contributed by atoms with Gasteiger partial charge in [-0.05, 0) is 45.4 Å². The average molecular weight is 427 g/mol. The molecule has 1 saturated heterocycles. The first-order valence-corrected chi connectivity index (χ1v) is 10.1. The molecule has 156 valence electrons. The lowest BCUT2D eigenvalue weighted by molar-refractivity contribution is 0.0293. The van der Waals surface area contributed by atoms with E-state index >= 15 is 0 Å². The Bertz CT molecular complexity index is 1080. The maximum absolute atomic E-state index is 12.4. The van der Waals surface area contributed by atoms with Gasteiger partial charge in [0.1, 0.15) is 16.6 Å². The quantitative estimate of drug-likeness (QED) is 0.628. The first kappa shape index (κ1) is 20.3. The molecule has 9 heteroatoms. The van der Waals surface area contributed by atoms with Crippen LogP contribution in [-0.4, -0.2) is 55.7 Å². The highest BCUT2D eigenvalue weighted by atomic mass is 35.5. The van der Waals surface area contributed by atoms with Crippen molar-refractivity contribution in [2.45, 2.75) is 38.8 Å². The third-order valence-corrected chi connectivity index (χ3v) is 4.87. The molecule has 1 amide bonds. The summed E-state index contributed by atoms with van der Waals surface area (Å²) in [5.74, 6) is 1.23. The van der Waals surface area contributed by atoms with Gasteiger partial charge in [-0.15, -0.1) is 0 Å². The number of rotatable bonds is 3. The van der Waals surface area contributed by atoms with Crippen molar-refractivity contribution in [1.82, 2.24) is 24.8 Å². The van der Waals surface area contributed by atoms with Crippen LogP contribution in [0.5, 0.6) is 0 Å². The Labute approximate surface area is 179 Å². The van der Waals surface area contributed by atoms with Crippen LogP contribution in [0.25, 0.3) is 22.3 Å². The average Bonchev–Trinajstić information content (AvgIpc) is 3.15. The molecule has 0 bridgehead atoms. The van der Waals surface area contributed by atoms with E-state index in [1.165, 1.54) is 0 Å². The second-order valence-electron chi connectivity index (χ2n) is 8.21. The zero-order valence-corrected chi connectivity index (χ0v) is 17.8. The van der Waals surface area contributed by atoms with Gasteiger partial charge in [0.25, 0.3) is 0 Å². The summed E-state index contributed by atoms with van der Waals surface area (Å²) in [7, 11) is 0. The number of halogens is 1. The normalized spacial score (nSPS) is 16.7. The molecule has 1 atom stereocenters. The number of hydrogen-bond donors (Lipinski definition) is 1. The van der Waals surface area contributed by atoms with Gasteiger partial charge >= 0.3 is 6.09 Å². The van der Waals surface area contributed by atoms with Crippen LogP contribution in [0.1, 0.15) is 27.2 Å². The summed E-state index contributed by atoms with van der Waals surface area (Å²) in [6.07, 6.45) is 5.54.